The molecule has 116 valence electrons. The van der Waals surface area contributed by atoms with E-state index in [2.05, 4.69) is 16.8 Å². The van der Waals surface area contributed by atoms with Crippen molar-refractivity contribution >= 4 is 5.97 Å². The highest BCUT2D eigenvalue weighted by molar-refractivity contribution is 5.73. The van der Waals surface area contributed by atoms with Gasteiger partial charge in [0.15, 0.2) is 0 Å². The molecule has 0 aromatic carbocycles. The first kappa shape index (κ1) is 15.8. The molecular formula is C16H30N2O2. The van der Waals surface area contributed by atoms with Crippen LogP contribution in [-0.4, -0.2) is 62.7 Å². The van der Waals surface area contributed by atoms with Gasteiger partial charge in [0.1, 0.15) is 0 Å². The average molecular weight is 282 g/mol. The first-order valence-corrected chi connectivity index (χ1v) is 8.19. The van der Waals surface area contributed by atoms with E-state index < -0.39 is 0 Å². The van der Waals surface area contributed by atoms with Crippen LogP contribution < -0.4 is 0 Å². The maximum atomic E-state index is 12.2. The molecule has 2 aliphatic heterocycles. The van der Waals surface area contributed by atoms with Gasteiger partial charge in [-0.1, -0.05) is 12.8 Å². The lowest BCUT2D eigenvalue weighted by molar-refractivity contribution is -0.149. The molecule has 20 heavy (non-hydrogen) atoms. The molecule has 4 nitrogen and oxygen atoms in total. The fourth-order valence-corrected chi connectivity index (χ4v) is 3.60. The minimum atomic E-state index is 0.00352. The summed E-state index contributed by atoms with van der Waals surface area (Å²) in [5.41, 5.74) is 0. The standard InChI is InChI=1S/C16H30N2O2/c1-17-11-7-14(8-12-17)15(16(19)20-2)13-18-9-5-3-4-6-10-18/h14-15H,3-13H2,1-2H3. The van der Waals surface area contributed by atoms with Crippen molar-refractivity contribution in [2.45, 2.75) is 38.5 Å². The number of hydrogen-bond acceptors (Lipinski definition) is 4. The van der Waals surface area contributed by atoms with E-state index in [0.29, 0.717) is 5.92 Å². The van der Waals surface area contributed by atoms with Crippen LogP contribution in [0.2, 0.25) is 0 Å². The molecule has 2 heterocycles. The van der Waals surface area contributed by atoms with E-state index in [4.69, 9.17) is 4.74 Å². The van der Waals surface area contributed by atoms with Crippen molar-refractivity contribution in [3.63, 3.8) is 0 Å². The largest absolute Gasteiger partial charge is 0.469 e. The topological polar surface area (TPSA) is 32.8 Å². The molecular weight excluding hydrogens is 252 g/mol. The molecule has 0 bridgehead atoms. The van der Waals surface area contributed by atoms with Gasteiger partial charge in [0, 0.05) is 6.54 Å². The summed E-state index contributed by atoms with van der Waals surface area (Å²) in [6, 6.07) is 0. The van der Waals surface area contributed by atoms with Crippen molar-refractivity contribution in [3.05, 3.63) is 0 Å². The maximum absolute atomic E-state index is 12.2. The number of hydrogen-bond donors (Lipinski definition) is 0. The van der Waals surface area contributed by atoms with Gasteiger partial charge in [-0.3, -0.25) is 4.79 Å². The van der Waals surface area contributed by atoms with Gasteiger partial charge < -0.3 is 14.5 Å². The Balaban J connectivity index is 1.94. The Hall–Kier alpha value is -0.610. The van der Waals surface area contributed by atoms with Crippen LogP contribution in [0.15, 0.2) is 0 Å². The van der Waals surface area contributed by atoms with Gasteiger partial charge in [-0.05, 0) is 64.8 Å². The third-order valence-corrected chi connectivity index (χ3v) is 4.99. The molecule has 0 aliphatic carbocycles. The molecule has 0 spiro atoms. The Labute approximate surface area is 123 Å². The van der Waals surface area contributed by atoms with Crippen LogP contribution in [0.1, 0.15) is 38.5 Å². The number of methoxy groups -OCH3 is 1. The zero-order valence-electron chi connectivity index (χ0n) is 13.1. The van der Waals surface area contributed by atoms with Crippen molar-refractivity contribution in [1.82, 2.24) is 9.80 Å². The molecule has 1 unspecified atom stereocenters. The quantitative estimate of drug-likeness (QED) is 0.738. The second-order valence-corrected chi connectivity index (χ2v) is 6.49. The first-order chi connectivity index (χ1) is 9.70. The van der Waals surface area contributed by atoms with Gasteiger partial charge >= 0.3 is 5.97 Å². The summed E-state index contributed by atoms with van der Waals surface area (Å²) < 4.78 is 5.09. The molecule has 1 atom stereocenters. The van der Waals surface area contributed by atoms with Crippen molar-refractivity contribution < 1.29 is 9.53 Å². The van der Waals surface area contributed by atoms with Crippen molar-refractivity contribution in [1.29, 1.82) is 0 Å². The van der Waals surface area contributed by atoms with E-state index in [1.54, 1.807) is 0 Å². The van der Waals surface area contributed by atoms with Gasteiger partial charge in [-0.25, -0.2) is 0 Å². The van der Waals surface area contributed by atoms with Crippen LogP contribution in [0.25, 0.3) is 0 Å². The van der Waals surface area contributed by atoms with Crippen molar-refractivity contribution in [2.24, 2.45) is 11.8 Å². The van der Waals surface area contributed by atoms with Crippen molar-refractivity contribution in [2.75, 3.05) is 46.9 Å². The third-order valence-electron chi connectivity index (χ3n) is 4.99. The minimum Gasteiger partial charge on any atom is -0.469 e. The van der Waals surface area contributed by atoms with Crippen LogP contribution in [0.4, 0.5) is 0 Å². The van der Waals surface area contributed by atoms with E-state index in [9.17, 15) is 4.79 Å². The second kappa shape index (κ2) is 7.99. The fraction of sp³-hybridized carbons (Fsp3) is 0.938. The number of carbonyl (C=O) groups is 1. The first-order valence-electron chi connectivity index (χ1n) is 8.19. The zero-order chi connectivity index (χ0) is 14.4. The summed E-state index contributed by atoms with van der Waals surface area (Å²) in [6.07, 6.45) is 7.50. The number of piperidine rings is 1. The smallest absolute Gasteiger partial charge is 0.310 e. The van der Waals surface area contributed by atoms with Gasteiger partial charge in [0.25, 0.3) is 0 Å². The molecule has 2 rings (SSSR count). The van der Waals surface area contributed by atoms with Gasteiger partial charge in [-0.15, -0.1) is 0 Å². The number of nitrogens with zero attached hydrogens (tertiary/aromatic N) is 2. The Morgan fingerprint density at radius 3 is 2.25 bits per heavy atom. The lowest BCUT2D eigenvalue weighted by atomic mass is 9.84. The SMILES string of the molecule is COC(=O)C(CN1CCCCCC1)C1CCN(C)CC1. The third kappa shape index (κ3) is 4.45. The maximum Gasteiger partial charge on any atom is 0.310 e. The zero-order valence-corrected chi connectivity index (χ0v) is 13.1. The monoisotopic (exact) mass is 282 g/mol. The molecule has 2 fully saturated rings. The summed E-state index contributed by atoms with van der Waals surface area (Å²) >= 11 is 0. The Kier molecular flexibility index (Phi) is 6.30. The number of rotatable bonds is 4. The fourth-order valence-electron chi connectivity index (χ4n) is 3.60. The Morgan fingerprint density at radius 1 is 1.10 bits per heavy atom. The molecule has 0 N–H and O–H groups in total. The molecule has 0 amide bonds. The summed E-state index contributed by atoms with van der Waals surface area (Å²) in [7, 11) is 3.70. The highest BCUT2D eigenvalue weighted by Crippen LogP contribution is 2.27. The van der Waals surface area contributed by atoms with E-state index in [-0.39, 0.29) is 11.9 Å². The second-order valence-electron chi connectivity index (χ2n) is 6.49. The van der Waals surface area contributed by atoms with Crippen LogP contribution in [0, 0.1) is 11.8 Å². The van der Waals surface area contributed by atoms with Crippen molar-refractivity contribution in [3.8, 4) is 0 Å². The Morgan fingerprint density at radius 2 is 1.70 bits per heavy atom. The number of esters is 1. The van der Waals surface area contributed by atoms with Gasteiger partial charge in [0.05, 0.1) is 13.0 Å². The summed E-state index contributed by atoms with van der Waals surface area (Å²) in [6.45, 7) is 5.43. The number of ether oxygens (including phenoxy) is 1. The van der Waals surface area contributed by atoms with E-state index >= 15 is 0 Å². The summed E-state index contributed by atoms with van der Waals surface area (Å²) in [5.74, 6) is 0.581. The Bertz CT molecular complexity index is 293. The molecule has 0 aromatic heterocycles. The average Bonchev–Trinajstić information content (AvgIpc) is 2.74. The predicted octanol–water partition coefficient (Wildman–Crippen LogP) is 1.99. The molecule has 0 aromatic rings. The highest BCUT2D eigenvalue weighted by Gasteiger charge is 2.32. The van der Waals surface area contributed by atoms with Crippen LogP contribution in [0.3, 0.4) is 0 Å². The lowest BCUT2D eigenvalue weighted by Gasteiger charge is -2.35. The molecule has 4 heteroatoms. The highest BCUT2D eigenvalue weighted by atomic mass is 16.5. The number of carbonyl (C=O) groups excluding carboxylic acids is 1. The summed E-state index contributed by atoms with van der Waals surface area (Å²) in [4.78, 5) is 17.0. The van der Waals surface area contributed by atoms with E-state index in [0.717, 1.165) is 45.6 Å². The van der Waals surface area contributed by atoms with E-state index in [1.165, 1.54) is 32.8 Å². The molecule has 0 radical (unpaired) electrons. The number of likely N-dealkylation sites (tertiary alicyclic amines) is 2. The van der Waals surface area contributed by atoms with Crippen LogP contribution >= 0.6 is 0 Å². The molecule has 2 aliphatic rings. The van der Waals surface area contributed by atoms with Gasteiger partial charge in [-0.2, -0.15) is 0 Å². The minimum absolute atomic E-state index is 0.00352. The summed E-state index contributed by atoms with van der Waals surface area (Å²) in [5, 5.41) is 0. The van der Waals surface area contributed by atoms with Gasteiger partial charge in [0.2, 0.25) is 0 Å². The normalized spacial score (nSPS) is 25.1. The van der Waals surface area contributed by atoms with Crippen LogP contribution in [-0.2, 0) is 9.53 Å². The lowest BCUT2D eigenvalue weighted by Crippen LogP contribution is -2.42. The molecule has 0 saturated carbocycles. The van der Waals surface area contributed by atoms with Crippen LogP contribution in [0.5, 0.6) is 0 Å². The van der Waals surface area contributed by atoms with E-state index in [1.807, 2.05) is 0 Å². The predicted molar refractivity (Wildman–Crippen MR) is 80.6 cm³/mol. The molecule has 2 saturated heterocycles.